The van der Waals surface area contributed by atoms with Gasteiger partial charge in [-0.15, -0.1) is 0 Å². The van der Waals surface area contributed by atoms with Crippen LogP contribution >= 0.6 is 11.6 Å². The van der Waals surface area contributed by atoms with Crippen LogP contribution in [0.1, 0.15) is 12.5 Å². The maximum absolute atomic E-state index is 11.9. The fourth-order valence-corrected chi connectivity index (χ4v) is 1.84. The molecule has 114 valence electrons. The molecule has 0 aliphatic heterocycles. The van der Waals surface area contributed by atoms with Crippen molar-refractivity contribution < 1.29 is 22.6 Å². The molecule has 0 bridgehead atoms. The minimum absolute atomic E-state index is 0.0162. The van der Waals surface area contributed by atoms with Crippen molar-refractivity contribution >= 4 is 11.6 Å². The van der Waals surface area contributed by atoms with E-state index in [1.807, 2.05) is 6.92 Å². The Bertz CT molecular complexity index is 425. The maximum atomic E-state index is 11.9. The highest BCUT2D eigenvalue weighted by Crippen LogP contribution is 2.27. The van der Waals surface area contributed by atoms with Crippen molar-refractivity contribution in [3.05, 3.63) is 28.8 Å². The Hall–Kier alpha value is -0.980. The normalized spacial score (nSPS) is 13.3. The second-order valence-electron chi connectivity index (χ2n) is 4.41. The first-order chi connectivity index (χ1) is 9.29. The van der Waals surface area contributed by atoms with Crippen LogP contribution in [0.15, 0.2) is 18.2 Å². The van der Waals surface area contributed by atoms with E-state index in [9.17, 15) is 13.2 Å². The van der Waals surface area contributed by atoms with Crippen LogP contribution in [0, 0.1) is 0 Å². The SMILES string of the molecule is CC(N)Cc1c(Cl)cccc1OCCOCC(F)(F)F. The molecule has 1 aromatic carbocycles. The molecule has 1 aromatic rings. The van der Waals surface area contributed by atoms with Gasteiger partial charge in [-0.1, -0.05) is 17.7 Å². The van der Waals surface area contributed by atoms with E-state index in [0.29, 0.717) is 17.2 Å². The average Bonchev–Trinajstić information content (AvgIpc) is 2.31. The molecule has 0 aromatic heterocycles. The molecule has 3 nitrogen and oxygen atoms in total. The van der Waals surface area contributed by atoms with E-state index in [0.717, 1.165) is 5.56 Å². The Morgan fingerprint density at radius 1 is 1.30 bits per heavy atom. The third-order valence-electron chi connectivity index (χ3n) is 2.35. The van der Waals surface area contributed by atoms with Crippen LogP contribution in [-0.2, 0) is 11.2 Å². The molecule has 0 aliphatic rings. The molecule has 20 heavy (non-hydrogen) atoms. The second kappa shape index (κ2) is 7.71. The van der Waals surface area contributed by atoms with Gasteiger partial charge in [0.1, 0.15) is 19.0 Å². The standard InChI is InChI=1S/C13H17ClF3NO2/c1-9(18)7-10-11(14)3-2-4-12(10)20-6-5-19-8-13(15,16)17/h2-4,9H,5-8,18H2,1H3. The zero-order valence-electron chi connectivity index (χ0n) is 11.0. The summed E-state index contributed by atoms with van der Waals surface area (Å²) in [6.45, 7) is 0.421. The van der Waals surface area contributed by atoms with Gasteiger partial charge in [-0.2, -0.15) is 13.2 Å². The van der Waals surface area contributed by atoms with Crippen LogP contribution in [0.3, 0.4) is 0 Å². The summed E-state index contributed by atoms with van der Waals surface area (Å²) in [6.07, 6.45) is -3.80. The van der Waals surface area contributed by atoms with Gasteiger partial charge >= 0.3 is 6.18 Å². The van der Waals surface area contributed by atoms with Crippen molar-refractivity contribution in [2.45, 2.75) is 25.6 Å². The minimum Gasteiger partial charge on any atom is -0.491 e. The molecule has 1 rings (SSSR count). The zero-order chi connectivity index (χ0) is 15.2. The van der Waals surface area contributed by atoms with E-state index >= 15 is 0 Å². The van der Waals surface area contributed by atoms with Gasteiger partial charge in [0.05, 0.1) is 6.61 Å². The minimum atomic E-state index is -4.32. The fourth-order valence-electron chi connectivity index (χ4n) is 1.59. The summed E-state index contributed by atoms with van der Waals surface area (Å²) < 4.78 is 45.5. The number of rotatable bonds is 7. The lowest BCUT2D eigenvalue weighted by Crippen LogP contribution is -2.20. The van der Waals surface area contributed by atoms with Crippen LogP contribution in [0.5, 0.6) is 5.75 Å². The van der Waals surface area contributed by atoms with E-state index in [1.165, 1.54) is 0 Å². The highest BCUT2D eigenvalue weighted by molar-refractivity contribution is 6.31. The smallest absolute Gasteiger partial charge is 0.411 e. The van der Waals surface area contributed by atoms with Gasteiger partial charge in [0, 0.05) is 16.6 Å². The van der Waals surface area contributed by atoms with Gasteiger partial charge < -0.3 is 15.2 Å². The summed E-state index contributed by atoms with van der Waals surface area (Å²) in [5.74, 6) is 0.519. The number of benzene rings is 1. The first kappa shape index (κ1) is 17.1. The predicted molar refractivity (Wildman–Crippen MR) is 71.2 cm³/mol. The number of nitrogens with two attached hydrogens (primary N) is 1. The van der Waals surface area contributed by atoms with Crippen molar-refractivity contribution in [2.75, 3.05) is 19.8 Å². The van der Waals surface area contributed by atoms with Gasteiger partial charge in [0.15, 0.2) is 0 Å². The summed E-state index contributed by atoms with van der Waals surface area (Å²) >= 11 is 6.06. The summed E-state index contributed by atoms with van der Waals surface area (Å²) in [7, 11) is 0. The van der Waals surface area contributed by atoms with E-state index in [1.54, 1.807) is 18.2 Å². The number of hydrogen-bond acceptors (Lipinski definition) is 3. The van der Waals surface area contributed by atoms with Gasteiger partial charge in [-0.3, -0.25) is 0 Å². The monoisotopic (exact) mass is 311 g/mol. The molecule has 0 saturated heterocycles. The van der Waals surface area contributed by atoms with Crippen molar-refractivity contribution in [1.82, 2.24) is 0 Å². The Morgan fingerprint density at radius 2 is 2.00 bits per heavy atom. The Kier molecular flexibility index (Phi) is 6.58. The Morgan fingerprint density at radius 3 is 2.60 bits per heavy atom. The Labute approximate surface area is 120 Å². The first-order valence-corrected chi connectivity index (χ1v) is 6.47. The largest absolute Gasteiger partial charge is 0.491 e. The van der Waals surface area contributed by atoms with E-state index < -0.39 is 12.8 Å². The average molecular weight is 312 g/mol. The third-order valence-corrected chi connectivity index (χ3v) is 2.71. The molecule has 1 atom stereocenters. The van der Waals surface area contributed by atoms with Gasteiger partial charge in [-0.05, 0) is 25.5 Å². The summed E-state index contributed by atoms with van der Waals surface area (Å²) in [5, 5.41) is 0.524. The van der Waals surface area contributed by atoms with Crippen LogP contribution < -0.4 is 10.5 Å². The van der Waals surface area contributed by atoms with Gasteiger partial charge in [-0.25, -0.2) is 0 Å². The molecule has 0 radical (unpaired) electrons. The topological polar surface area (TPSA) is 44.5 Å². The van der Waals surface area contributed by atoms with Crippen LogP contribution in [-0.4, -0.2) is 32.0 Å². The lowest BCUT2D eigenvalue weighted by Gasteiger charge is -2.15. The number of alkyl halides is 3. The second-order valence-corrected chi connectivity index (χ2v) is 4.82. The molecule has 0 saturated carbocycles. The fraction of sp³-hybridized carbons (Fsp3) is 0.538. The quantitative estimate of drug-likeness (QED) is 0.787. The van der Waals surface area contributed by atoms with Crippen molar-refractivity contribution in [1.29, 1.82) is 0 Å². The maximum Gasteiger partial charge on any atom is 0.411 e. The summed E-state index contributed by atoms with van der Waals surface area (Å²) in [6, 6.07) is 5.03. The van der Waals surface area contributed by atoms with Gasteiger partial charge in [0.2, 0.25) is 0 Å². The summed E-state index contributed by atoms with van der Waals surface area (Å²) in [5.41, 5.74) is 6.47. The number of hydrogen-bond donors (Lipinski definition) is 1. The van der Waals surface area contributed by atoms with Crippen molar-refractivity contribution in [3.63, 3.8) is 0 Å². The first-order valence-electron chi connectivity index (χ1n) is 6.10. The van der Waals surface area contributed by atoms with E-state index in [2.05, 4.69) is 4.74 Å². The molecule has 1 unspecified atom stereocenters. The Balaban J connectivity index is 2.49. The highest BCUT2D eigenvalue weighted by Gasteiger charge is 2.27. The molecule has 0 fully saturated rings. The third kappa shape index (κ3) is 6.45. The van der Waals surface area contributed by atoms with Crippen LogP contribution in [0.2, 0.25) is 5.02 Å². The molecule has 0 amide bonds. The molecular weight excluding hydrogens is 295 g/mol. The van der Waals surface area contributed by atoms with Gasteiger partial charge in [0.25, 0.3) is 0 Å². The molecule has 0 spiro atoms. The predicted octanol–water partition coefficient (Wildman–Crippen LogP) is 3.19. The highest BCUT2D eigenvalue weighted by atomic mass is 35.5. The van der Waals surface area contributed by atoms with Crippen molar-refractivity contribution in [2.24, 2.45) is 5.73 Å². The molecule has 2 N–H and O–H groups in total. The van der Waals surface area contributed by atoms with E-state index in [-0.39, 0.29) is 19.3 Å². The van der Waals surface area contributed by atoms with Crippen molar-refractivity contribution in [3.8, 4) is 5.75 Å². The van der Waals surface area contributed by atoms with Crippen LogP contribution in [0.25, 0.3) is 0 Å². The summed E-state index contributed by atoms with van der Waals surface area (Å²) in [4.78, 5) is 0. The van der Waals surface area contributed by atoms with E-state index in [4.69, 9.17) is 22.1 Å². The number of halogens is 4. The molecule has 0 aliphatic carbocycles. The number of ether oxygens (including phenoxy) is 2. The molecule has 0 heterocycles. The van der Waals surface area contributed by atoms with Crippen LogP contribution in [0.4, 0.5) is 13.2 Å². The lowest BCUT2D eigenvalue weighted by atomic mass is 10.1. The lowest BCUT2D eigenvalue weighted by molar-refractivity contribution is -0.175. The molecular formula is C13H17ClF3NO2. The molecule has 7 heteroatoms. The zero-order valence-corrected chi connectivity index (χ0v) is 11.8.